The summed E-state index contributed by atoms with van der Waals surface area (Å²) in [5.74, 6) is -0.828. The first-order valence-corrected chi connectivity index (χ1v) is 13.0. The second-order valence-corrected chi connectivity index (χ2v) is 10.1. The number of sulfonamides is 1. The molecule has 0 aliphatic heterocycles. The standard InChI is InChI=1S/C26H28ClN3O4S/c1-3-24(26(32)28-2)29(18-20-14-16-21(27)17-15-20)25(31)19-30(22-10-6-4-7-11-22)35(33,34)23-12-8-5-9-13-23/h4-17,24H,3,18-19H2,1-2H3,(H,28,32). The molecule has 0 aliphatic rings. The number of nitrogens with one attached hydrogen (secondary N) is 1. The summed E-state index contributed by atoms with van der Waals surface area (Å²) >= 11 is 6.00. The fraction of sp³-hybridized carbons (Fsp3) is 0.231. The van der Waals surface area contributed by atoms with E-state index in [2.05, 4.69) is 5.32 Å². The molecule has 3 rings (SSSR count). The summed E-state index contributed by atoms with van der Waals surface area (Å²) in [4.78, 5) is 27.8. The Morgan fingerprint density at radius 3 is 2.03 bits per heavy atom. The monoisotopic (exact) mass is 513 g/mol. The summed E-state index contributed by atoms with van der Waals surface area (Å²) in [5, 5.41) is 3.15. The van der Waals surface area contributed by atoms with Gasteiger partial charge in [-0.25, -0.2) is 8.42 Å². The van der Waals surface area contributed by atoms with Crippen molar-refractivity contribution in [2.45, 2.75) is 30.8 Å². The third-order valence-electron chi connectivity index (χ3n) is 5.55. The molecule has 0 aliphatic carbocycles. The van der Waals surface area contributed by atoms with Crippen LogP contribution in [-0.4, -0.2) is 44.8 Å². The number of para-hydroxylation sites is 1. The zero-order valence-electron chi connectivity index (χ0n) is 19.6. The van der Waals surface area contributed by atoms with E-state index in [-0.39, 0.29) is 17.3 Å². The van der Waals surface area contributed by atoms with Gasteiger partial charge in [0, 0.05) is 18.6 Å². The maximum atomic E-state index is 13.7. The summed E-state index contributed by atoms with van der Waals surface area (Å²) in [6.45, 7) is 1.45. The van der Waals surface area contributed by atoms with E-state index in [1.165, 1.54) is 24.1 Å². The third-order valence-corrected chi connectivity index (χ3v) is 7.59. The van der Waals surface area contributed by atoms with Gasteiger partial charge in [-0.2, -0.15) is 0 Å². The Kier molecular flexibility index (Phi) is 8.89. The van der Waals surface area contributed by atoms with E-state index >= 15 is 0 Å². The Morgan fingerprint density at radius 1 is 0.914 bits per heavy atom. The molecule has 184 valence electrons. The van der Waals surface area contributed by atoms with E-state index in [1.807, 2.05) is 0 Å². The molecule has 1 atom stereocenters. The van der Waals surface area contributed by atoms with Crippen LogP contribution in [0.15, 0.2) is 89.8 Å². The molecule has 0 bridgehead atoms. The number of carbonyl (C=O) groups excluding carboxylic acids is 2. The van der Waals surface area contributed by atoms with Gasteiger partial charge in [0.15, 0.2) is 0 Å². The minimum atomic E-state index is -4.05. The van der Waals surface area contributed by atoms with Gasteiger partial charge in [-0.05, 0) is 48.4 Å². The van der Waals surface area contributed by atoms with Crippen LogP contribution in [0.3, 0.4) is 0 Å². The van der Waals surface area contributed by atoms with Gasteiger partial charge in [0.05, 0.1) is 10.6 Å². The van der Waals surface area contributed by atoms with E-state index in [1.54, 1.807) is 79.7 Å². The van der Waals surface area contributed by atoms with Gasteiger partial charge < -0.3 is 10.2 Å². The minimum absolute atomic E-state index is 0.0687. The number of nitrogens with zero attached hydrogens (tertiary/aromatic N) is 2. The van der Waals surface area contributed by atoms with Crippen LogP contribution in [-0.2, 0) is 26.2 Å². The summed E-state index contributed by atoms with van der Waals surface area (Å²) < 4.78 is 28.2. The van der Waals surface area contributed by atoms with Crippen LogP contribution in [0.1, 0.15) is 18.9 Å². The van der Waals surface area contributed by atoms with Gasteiger partial charge in [0.25, 0.3) is 10.0 Å². The van der Waals surface area contributed by atoms with Gasteiger partial charge in [-0.1, -0.05) is 67.1 Å². The molecule has 0 saturated carbocycles. The Morgan fingerprint density at radius 2 is 1.49 bits per heavy atom. The van der Waals surface area contributed by atoms with Crippen LogP contribution in [0.5, 0.6) is 0 Å². The van der Waals surface area contributed by atoms with Crippen LogP contribution in [0.4, 0.5) is 5.69 Å². The lowest BCUT2D eigenvalue weighted by atomic mass is 10.1. The van der Waals surface area contributed by atoms with Gasteiger partial charge in [-0.15, -0.1) is 0 Å². The number of likely N-dealkylation sites (N-methyl/N-ethyl adjacent to an activating group) is 1. The van der Waals surface area contributed by atoms with Gasteiger partial charge in [-0.3, -0.25) is 13.9 Å². The van der Waals surface area contributed by atoms with Crippen molar-refractivity contribution in [1.29, 1.82) is 0 Å². The number of amides is 2. The van der Waals surface area contributed by atoms with Crippen molar-refractivity contribution in [3.05, 3.63) is 95.5 Å². The largest absolute Gasteiger partial charge is 0.357 e. The third kappa shape index (κ3) is 6.41. The summed E-state index contributed by atoms with van der Waals surface area (Å²) in [5.41, 5.74) is 1.12. The molecule has 9 heteroatoms. The average Bonchev–Trinajstić information content (AvgIpc) is 2.88. The molecule has 3 aromatic carbocycles. The number of hydrogen-bond donors (Lipinski definition) is 1. The normalized spacial score (nSPS) is 12.0. The SMILES string of the molecule is CCC(C(=O)NC)N(Cc1ccc(Cl)cc1)C(=O)CN(c1ccccc1)S(=O)(=O)c1ccccc1. The van der Waals surface area contributed by atoms with Crippen molar-refractivity contribution in [2.75, 3.05) is 17.9 Å². The second-order valence-electron chi connectivity index (χ2n) is 7.85. The molecule has 3 aromatic rings. The number of rotatable bonds is 10. The lowest BCUT2D eigenvalue weighted by Gasteiger charge is -2.33. The van der Waals surface area contributed by atoms with Gasteiger partial charge in [0.2, 0.25) is 11.8 Å². The molecule has 0 heterocycles. The molecule has 1 N–H and O–H groups in total. The first kappa shape index (κ1) is 26.2. The highest BCUT2D eigenvalue weighted by Crippen LogP contribution is 2.24. The molecule has 7 nitrogen and oxygen atoms in total. The highest BCUT2D eigenvalue weighted by molar-refractivity contribution is 7.92. The maximum Gasteiger partial charge on any atom is 0.264 e. The molecule has 0 fully saturated rings. The first-order chi connectivity index (χ1) is 16.8. The quantitative estimate of drug-likeness (QED) is 0.442. The first-order valence-electron chi connectivity index (χ1n) is 11.2. The molecular weight excluding hydrogens is 486 g/mol. The Hall–Kier alpha value is -3.36. The maximum absolute atomic E-state index is 13.7. The summed E-state index contributed by atoms with van der Waals surface area (Å²) in [7, 11) is -2.55. The lowest BCUT2D eigenvalue weighted by Crippen LogP contribution is -2.51. The van der Waals surface area contributed by atoms with Crippen molar-refractivity contribution in [3.8, 4) is 0 Å². The second kappa shape index (κ2) is 11.9. The molecule has 1 unspecified atom stereocenters. The van der Waals surface area contributed by atoms with Crippen LogP contribution >= 0.6 is 11.6 Å². The fourth-order valence-corrected chi connectivity index (χ4v) is 5.28. The van der Waals surface area contributed by atoms with Crippen molar-refractivity contribution < 1.29 is 18.0 Å². The van der Waals surface area contributed by atoms with Gasteiger partial charge >= 0.3 is 0 Å². The van der Waals surface area contributed by atoms with Crippen LogP contribution < -0.4 is 9.62 Å². The zero-order chi connectivity index (χ0) is 25.4. The Labute approximate surface area is 211 Å². The molecule has 2 amide bonds. The topological polar surface area (TPSA) is 86.8 Å². The number of halogens is 1. The number of anilines is 1. The molecule has 0 saturated heterocycles. The zero-order valence-corrected chi connectivity index (χ0v) is 21.2. The van der Waals surface area contributed by atoms with Crippen molar-refractivity contribution >= 4 is 39.1 Å². The van der Waals surface area contributed by atoms with Crippen molar-refractivity contribution in [1.82, 2.24) is 10.2 Å². The van der Waals surface area contributed by atoms with E-state index in [0.717, 1.165) is 9.87 Å². The predicted octanol–water partition coefficient (Wildman–Crippen LogP) is 4.09. The minimum Gasteiger partial charge on any atom is -0.357 e. The predicted molar refractivity (Wildman–Crippen MR) is 138 cm³/mol. The number of benzene rings is 3. The molecule has 0 spiro atoms. The molecular formula is C26H28ClN3O4S. The lowest BCUT2D eigenvalue weighted by molar-refractivity contribution is -0.140. The van der Waals surface area contributed by atoms with E-state index < -0.39 is 28.5 Å². The Balaban J connectivity index is 2.01. The number of hydrogen-bond acceptors (Lipinski definition) is 4. The average molecular weight is 514 g/mol. The number of carbonyl (C=O) groups is 2. The van der Waals surface area contributed by atoms with Crippen LogP contribution in [0.25, 0.3) is 0 Å². The molecule has 0 radical (unpaired) electrons. The summed E-state index contributed by atoms with van der Waals surface area (Å²) in [6.07, 6.45) is 0.357. The van der Waals surface area contributed by atoms with E-state index in [4.69, 9.17) is 11.6 Å². The fourth-order valence-electron chi connectivity index (χ4n) is 3.72. The highest BCUT2D eigenvalue weighted by Gasteiger charge is 2.33. The molecule has 0 aromatic heterocycles. The smallest absolute Gasteiger partial charge is 0.264 e. The van der Waals surface area contributed by atoms with Crippen LogP contribution in [0, 0.1) is 0 Å². The summed E-state index contributed by atoms with van der Waals surface area (Å²) in [6, 6.07) is 22.6. The van der Waals surface area contributed by atoms with Crippen molar-refractivity contribution in [2.24, 2.45) is 0 Å². The van der Waals surface area contributed by atoms with Gasteiger partial charge in [0.1, 0.15) is 12.6 Å². The molecule has 35 heavy (non-hydrogen) atoms. The van der Waals surface area contributed by atoms with Crippen molar-refractivity contribution in [3.63, 3.8) is 0 Å². The van der Waals surface area contributed by atoms with E-state index in [0.29, 0.717) is 17.1 Å². The van der Waals surface area contributed by atoms with E-state index in [9.17, 15) is 18.0 Å². The highest BCUT2D eigenvalue weighted by atomic mass is 35.5. The van der Waals surface area contributed by atoms with Crippen LogP contribution in [0.2, 0.25) is 5.02 Å². The Bertz CT molecular complexity index is 1240.